The second-order valence-electron chi connectivity index (χ2n) is 7.96. The lowest BCUT2D eigenvalue weighted by Crippen LogP contribution is -2.37. The summed E-state index contributed by atoms with van der Waals surface area (Å²) in [6.45, 7) is 6.70. The van der Waals surface area contributed by atoms with Crippen LogP contribution in [0.5, 0.6) is 0 Å². The summed E-state index contributed by atoms with van der Waals surface area (Å²) in [6.07, 6.45) is 3.78. The minimum Gasteiger partial charge on any atom is -0.464 e. The van der Waals surface area contributed by atoms with Crippen LogP contribution in [0.1, 0.15) is 51.1 Å². The molecule has 1 unspecified atom stereocenters. The largest absolute Gasteiger partial charge is 0.464 e. The minimum absolute atomic E-state index is 0.297. The van der Waals surface area contributed by atoms with Crippen molar-refractivity contribution in [2.45, 2.75) is 45.4 Å². The molecule has 160 valence electrons. The summed E-state index contributed by atoms with van der Waals surface area (Å²) >= 11 is 0. The van der Waals surface area contributed by atoms with Crippen molar-refractivity contribution in [1.29, 1.82) is 5.26 Å². The van der Waals surface area contributed by atoms with E-state index in [9.17, 15) is 10.1 Å². The summed E-state index contributed by atoms with van der Waals surface area (Å²) < 4.78 is 5.52. The summed E-state index contributed by atoms with van der Waals surface area (Å²) in [6, 6.07) is 9.65. The number of aromatic nitrogens is 2. The third kappa shape index (κ3) is 4.88. The van der Waals surface area contributed by atoms with E-state index in [1.54, 1.807) is 0 Å². The Balaban J connectivity index is 1.93. The number of nitrogens with two attached hydrogens (primary N) is 1. The van der Waals surface area contributed by atoms with Crippen LogP contribution in [0.4, 0.5) is 5.82 Å². The predicted molar refractivity (Wildman–Crippen MR) is 117 cm³/mol. The van der Waals surface area contributed by atoms with Crippen LogP contribution in [0.15, 0.2) is 24.3 Å². The van der Waals surface area contributed by atoms with Gasteiger partial charge in [0.05, 0.1) is 23.7 Å². The first-order chi connectivity index (χ1) is 14.6. The molecule has 0 saturated carbocycles. The number of hydrogen-bond acceptors (Lipinski definition) is 7. The Kier molecular flexibility index (Phi) is 7.58. The van der Waals surface area contributed by atoms with Crippen molar-refractivity contribution in [2.24, 2.45) is 17.6 Å². The standard InChI is InChI=1S/C23H31N5O2/c1-3-16(4-2)15-30-23(29)18(14-25)21-22(28-11-9-17(13-24)10-12-28)27-20-8-6-5-7-19(20)26-21/h5-8,16-18H,3-4,9-13,15,24H2,1-2H3. The molecule has 0 spiro atoms. The zero-order valence-electron chi connectivity index (χ0n) is 17.9. The highest BCUT2D eigenvalue weighted by Crippen LogP contribution is 2.30. The number of esters is 1. The van der Waals surface area contributed by atoms with Crippen molar-refractivity contribution in [1.82, 2.24) is 9.97 Å². The van der Waals surface area contributed by atoms with Crippen molar-refractivity contribution in [3.63, 3.8) is 0 Å². The second kappa shape index (κ2) is 10.4. The molecule has 7 heteroatoms. The number of carbonyl (C=O) groups excluding carboxylic acids is 1. The van der Waals surface area contributed by atoms with E-state index in [-0.39, 0.29) is 0 Å². The highest BCUT2D eigenvalue weighted by Gasteiger charge is 2.31. The van der Waals surface area contributed by atoms with Crippen molar-refractivity contribution in [3.05, 3.63) is 30.0 Å². The third-order valence-corrected chi connectivity index (χ3v) is 6.08. The third-order valence-electron chi connectivity index (χ3n) is 6.08. The fourth-order valence-corrected chi connectivity index (χ4v) is 3.84. The van der Waals surface area contributed by atoms with Crippen LogP contribution in [-0.4, -0.2) is 42.2 Å². The molecule has 0 bridgehead atoms. The fourth-order valence-electron chi connectivity index (χ4n) is 3.84. The molecule has 0 radical (unpaired) electrons. The fraction of sp³-hybridized carbons (Fsp3) is 0.565. The van der Waals surface area contributed by atoms with Gasteiger partial charge in [0.25, 0.3) is 0 Å². The van der Waals surface area contributed by atoms with Gasteiger partial charge in [-0.3, -0.25) is 4.79 Å². The average molecular weight is 410 g/mol. The zero-order chi connectivity index (χ0) is 21.5. The molecule has 1 aromatic heterocycles. The molecular formula is C23H31N5O2. The molecule has 1 aliphatic heterocycles. The summed E-state index contributed by atoms with van der Waals surface area (Å²) in [5, 5.41) is 9.85. The first kappa shape index (κ1) is 22.0. The van der Waals surface area contributed by atoms with Crippen molar-refractivity contribution >= 4 is 22.8 Å². The number of piperidine rings is 1. The molecule has 2 N–H and O–H groups in total. The number of carbonyl (C=O) groups is 1. The van der Waals surface area contributed by atoms with Crippen LogP contribution in [0.3, 0.4) is 0 Å². The molecule has 1 aromatic carbocycles. The van der Waals surface area contributed by atoms with Crippen LogP contribution in [-0.2, 0) is 9.53 Å². The minimum atomic E-state index is -1.10. The smallest absolute Gasteiger partial charge is 0.329 e. The van der Waals surface area contributed by atoms with E-state index in [1.807, 2.05) is 24.3 Å². The molecule has 2 heterocycles. The van der Waals surface area contributed by atoms with Gasteiger partial charge in [0.2, 0.25) is 0 Å². The second-order valence-corrected chi connectivity index (χ2v) is 7.96. The lowest BCUT2D eigenvalue weighted by atomic mass is 9.96. The van der Waals surface area contributed by atoms with Crippen LogP contribution in [0.2, 0.25) is 0 Å². The van der Waals surface area contributed by atoms with Gasteiger partial charge in [0.15, 0.2) is 11.7 Å². The lowest BCUT2D eigenvalue weighted by molar-refractivity contribution is -0.145. The lowest BCUT2D eigenvalue weighted by Gasteiger charge is -2.33. The normalized spacial score (nSPS) is 15.9. The highest BCUT2D eigenvalue weighted by atomic mass is 16.5. The Hall–Kier alpha value is -2.72. The highest BCUT2D eigenvalue weighted by molar-refractivity contribution is 5.85. The Bertz CT molecular complexity index is 898. The van der Waals surface area contributed by atoms with Gasteiger partial charge < -0.3 is 15.4 Å². The van der Waals surface area contributed by atoms with E-state index in [2.05, 4.69) is 24.8 Å². The Labute approximate surface area is 178 Å². The van der Waals surface area contributed by atoms with E-state index >= 15 is 0 Å². The SMILES string of the molecule is CCC(CC)COC(=O)C(C#N)c1nc2ccccc2nc1N1CCC(CN)CC1. The van der Waals surface area contributed by atoms with Gasteiger partial charge in [-0.25, -0.2) is 9.97 Å². The molecule has 30 heavy (non-hydrogen) atoms. The molecule has 1 atom stereocenters. The van der Waals surface area contributed by atoms with Crippen LogP contribution >= 0.6 is 0 Å². The number of nitriles is 1. The first-order valence-electron chi connectivity index (χ1n) is 10.9. The monoisotopic (exact) mass is 409 g/mol. The summed E-state index contributed by atoms with van der Waals surface area (Å²) in [7, 11) is 0. The van der Waals surface area contributed by atoms with E-state index in [0.29, 0.717) is 42.0 Å². The van der Waals surface area contributed by atoms with Crippen molar-refractivity contribution in [2.75, 3.05) is 31.1 Å². The van der Waals surface area contributed by atoms with E-state index in [4.69, 9.17) is 20.4 Å². The molecule has 3 rings (SSSR count). The number of hydrogen-bond donors (Lipinski definition) is 1. The molecule has 0 aliphatic carbocycles. The van der Waals surface area contributed by atoms with Gasteiger partial charge in [-0.1, -0.05) is 38.8 Å². The molecular weight excluding hydrogens is 378 g/mol. The van der Waals surface area contributed by atoms with Gasteiger partial charge in [-0.05, 0) is 43.4 Å². The van der Waals surface area contributed by atoms with Crippen LogP contribution in [0, 0.1) is 23.2 Å². The topological polar surface area (TPSA) is 105 Å². The molecule has 1 aliphatic rings. The van der Waals surface area contributed by atoms with Gasteiger partial charge in [0, 0.05) is 13.1 Å². The summed E-state index contributed by atoms with van der Waals surface area (Å²) in [4.78, 5) is 24.5. The average Bonchev–Trinajstić information content (AvgIpc) is 2.80. The molecule has 2 aromatic rings. The Morgan fingerprint density at radius 1 is 1.23 bits per heavy atom. The maximum atomic E-state index is 12.8. The number of fused-ring (bicyclic) bond motifs is 1. The van der Waals surface area contributed by atoms with Gasteiger partial charge in [0.1, 0.15) is 5.69 Å². The Morgan fingerprint density at radius 3 is 2.43 bits per heavy atom. The predicted octanol–water partition coefficient (Wildman–Crippen LogP) is 3.39. The summed E-state index contributed by atoms with van der Waals surface area (Å²) in [5.41, 5.74) is 7.63. The zero-order valence-corrected chi connectivity index (χ0v) is 17.9. The maximum absolute atomic E-state index is 12.8. The van der Waals surface area contributed by atoms with Crippen LogP contribution < -0.4 is 10.6 Å². The molecule has 0 amide bonds. The quantitative estimate of drug-likeness (QED) is 0.666. The number of rotatable bonds is 8. The number of anilines is 1. The van der Waals surface area contributed by atoms with E-state index < -0.39 is 11.9 Å². The maximum Gasteiger partial charge on any atom is 0.329 e. The number of ether oxygens (including phenoxy) is 1. The van der Waals surface area contributed by atoms with Gasteiger partial charge in [-0.15, -0.1) is 0 Å². The van der Waals surface area contributed by atoms with E-state index in [1.165, 1.54) is 0 Å². The van der Waals surface area contributed by atoms with E-state index in [0.717, 1.165) is 44.3 Å². The number of benzene rings is 1. The molecule has 1 fully saturated rings. The van der Waals surface area contributed by atoms with Crippen molar-refractivity contribution in [3.8, 4) is 6.07 Å². The molecule has 7 nitrogen and oxygen atoms in total. The molecule has 1 saturated heterocycles. The van der Waals surface area contributed by atoms with Gasteiger partial charge >= 0.3 is 5.97 Å². The van der Waals surface area contributed by atoms with Gasteiger partial charge in [-0.2, -0.15) is 5.26 Å². The van der Waals surface area contributed by atoms with Crippen molar-refractivity contribution < 1.29 is 9.53 Å². The van der Waals surface area contributed by atoms with Crippen LogP contribution in [0.25, 0.3) is 11.0 Å². The number of para-hydroxylation sites is 2. The first-order valence-corrected chi connectivity index (χ1v) is 10.9. The summed E-state index contributed by atoms with van der Waals surface area (Å²) in [5.74, 6) is -0.249. The Morgan fingerprint density at radius 2 is 1.87 bits per heavy atom. The number of nitrogens with zero attached hydrogens (tertiary/aromatic N) is 4.